The Hall–Kier alpha value is -0.860. The summed E-state index contributed by atoms with van der Waals surface area (Å²) in [7, 11) is 3.77. The number of aryl methyl sites for hydroxylation is 1. The predicted octanol–water partition coefficient (Wildman–Crippen LogP) is 4.67. The molecule has 0 amide bonds. The zero-order valence-electron chi connectivity index (χ0n) is 9.00. The standard InChI is InChI=1S/C14H14S2/c1-3-7-13(8-4-1)11-12-15-16-14-9-5-2-6-10-14/h1-10H,11-12H2. The van der Waals surface area contributed by atoms with E-state index < -0.39 is 0 Å². The first-order valence-electron chi connectivity index (χ1n) is 5.33. The molecule has 2 aromatic rings. The lowest BCUT2D eigenvalue weighted by Crippen LogP contribution is -1.85. The molecule has 0 atom stereocenters. The molecule has 0 aliphatic carbocycles. The molecule has 0 radical (unpaired) electrons. The van der Waals surface area contributed by atoms with Crippen molar-refractivity contribution in [3.8, 4) is 0 Å². The average molecular weight is 246 g/mol. The molecule has 0 aliphatic rings. The molecule has 0 heterocycles. The second-order valence-electron chi connectivity index (χ2n) is 3.45. The Morgan fingerprint density at radius 1 is 0.750 bits per heavy atom. The molecule has 2 aromatic carbocycles. The summed E-state index contributed by atoms with van der Waals surface area (Å²) in [5.41, 5.74) is 1.42. The van der Waals surface area contributed by atoms with Crippen molar-refractivity contribution in [2.24, 2.45) is 0 Å². The van der Waals surface area contributed by atoms with E-state index >= 15 is 0 Å². The van der Waals surface area contributed by atoms with E-state index in [2.05, 4.69) is 60.7 Å². The Morgan fingerprint density at radius 3 is 2.06 bits per heavy atom. The summed E-state index contributed by atoms with van der Waals surface area (Å²) in [4.78, 5) is 1.33. The van der Waals surface area contributed by atoms with E-state index in [-0.39, 0.29) is 0 Å². The topological polar surface area (TPSA) is 0 Å². The van der Waals surface area contributed by atoms with Crippen LogP contribution in [0.5, 0.6) is 0 Å². The molecule has 0 unspecified atom stereocenters. The molecular weight excluding hydrogens is 232 g/mol. The van der Waals surface area contributed by atoms with Gasteiger partial charge < -0.3 is 0 Å². The first-order valence-corrected chi connectivity index (χ1v) is 7.65. The van der Waals surface area contributed by atoms with E-state index in [9.17, 15) is 0 Å². The van der Waals surface area contributed by atoms with Crippen molar-refractivity contribution in [1.82, 2.24) is 0 Å². The van der Waals surface area contributed by atoms with E-state index in [4.69, 9.17) is 0 Å². The van der Waals surface area contributed by atoms with Gasteiger partial charge in [-0.05, 0) is 24.1 Å². The number of benzene rings is 2. The summed E-state index contributed by atoms with van der Waals surface area (Å²) in [6.07, 6.45) is 1.14. The van der Waals surface area contributed by atoms with E-state index in [0.717, 1.165) is 12.2 Å². The Bertz CT molecular complexity index is 356. The maximum Gasteiger partial charge on any atom is 0.0182 e. The fraction of sp³-hybridized carbons (Fsp3) is 0.143. The van der Waals surface area contributed by atoms with Crippen LogP contribution in [0.15, 0.2) is 65.6 Å². The van der Waals surface area contributed by atoms with Gasteiger partial charge in [0.2, 0.25) is 0 Å². The molecule has 0 saturated heterocycles. The summed E-state index contributed by atoms with van der Waals surface area (Å²) in [5, 5.41) is 0. The quantitative estimate of drug-likeness (QED) is 0.555. The highest BCUT2D eigenvalue weighted by molar-refractivity contribution is 8.76. The average Bonchev–Trinajstić information content (AvgIpc) is 2.37. The van der Waals surface area contributed by atoms with Gasteiger partial charge in [-0.3, -0.25) is 0 Å². The first kappa shape index (κ1) is 11.6. The van der Waals surface area contributed by atoms with Crippen molar-refractivity contribution < 1.29 is 0 Å². The lowest BCUT2D eigenvalue weighted by atomic mass is 10.2. The first-order chi connectivity index (χ1) is 7.95. The molecule has 0 fully saturated rings. The maximum absolute atomic E-state index is 2.19. The molecule has 0 spiro atoms. The lowest BCUT2D eigenvalue weighted by Gasteiger charge is -2.01. The molecule has 0 N–H and O–H groups in total. The number of hydrogen-bond donors (Lipinski definition) is 0. The predicted molar refractivity (Wildman–Crippen MR) is 74.9 cm³/mol. The van der Waals surface area contributed by atoms with Gasteiger partial charge in [0.05, 0.1) is 0 Å². The smallest absolute Gasteiger partial charge is 0.0182 e. The number of rotatable bonds is 5. The van der Waals surface area contributed by atoms with E-state index in [0.29, 0.717) is 0 Å². The lowest BCUT2D eigenvalue weighted by molar-refractivity contribution is 1.16. The van der Waals surface area contributed by atoms with Gasteiger partial charge >= 0.3 is 0 Å². The van der Waals surface area contributed by atoms with Crippen LogP contribution in [0, 0.1) is 0 Å². The van der Waals surface area contributed by atoms with Crippen LogP contribution in [0.2, 0.25) is 0 Å². The highest BCUT2D eigenvalue weighted by atomic mass is 33.1. The van der Waals surface area contributed by atoms with Crippen LogP contribution in [0.1, 0.15) is 5.56 Å². The Balaban J connectivity index is 1.70. The monoisotopic (exact) mass is 246 g/mol. The van der Waals surface area contributed by atoms with Crippen molar-refractivity contribution in [1.29, 1.82) is 0 Å². The Kier molecular flexibility index (Phi) is 4.84. The minimum absolute atomic E-state index is 1.14. The van der Waals surface area contributed by atoms with Gasteiger partial charge in [0.1, 0.15) is 0 Å². The number of hydrogen-bond acceptors (Lipinski definition) is 2. The van der Waals surface area contributed by atoms with Gasteiger partial charge in [-0.1, -0.05) is 70.1 Å². The molecule has 0 aromatic heterocycles. The summed E-state index contributed by atoms with van der Waals surface area (Å²) in [6, 6.07) is 21.2. The molecule has 0 bridgehead atoms. The van der Waals surface area contributed by atoms with Crippen molar-refractivity contribution in [2.45, 2.75) is 11.3 Å². The second-order valence-corrected chi connectivity index (χ2v) is 5.94. The minimum atomic E-state index is 1.14. The molecular formula is C14H14S2. The second kappa shape index (κ2) is 6.66. The van der Waals surface area contributed by atoms with Gasteiger partial charge in [0.25, 0.3) is 0 Å². The van der Waals surface area contributed by atoms with Crippen molar-refractivity contribution in [3.05, 3.63) is 66.2 Å². The Labute approximate surface area is 105 Å². The van der Waals surface area contributed by atoms with E-state index in [1.807, 2.05) is 21.6 Å². The van der Waals surface area contributed by atoms with Crippen molar-refractivity contribution in [2.75, 3.05) is 5.75 Å². The van der Waals surface area contributed by atoms with E-state index in [1.54, 1.807) is 0 Å². The van der Waals surface area contributed by atoms with Crippen LogP contribution in [0.25, 0.3) is 0 Å². The molecule has 82 valence electrons. The van der Waals surface area contributed by atoms with Crippen LogP contribution in [0.4, 0.5) is 0 Å². The molecule has 2 heteroatoms. The third-order valence-corrected chi connectivity index (χ3v) is 4.60. The molecule has 0 aliphatic heterocycles. The van der Waals surface area contributed by atoms with Gasteiger partial charge in [-0.25, -0.2) is 0 Å². The van der Waals surface area contributed by atoms with Crippen LogP contribution < -0.4 is 0 Å². The van der Waals surface area contributed by atoms with Crippen LogP contribution in [-0.2, 0) is 6.42 Å². The minimum Gasteiger partial charge on any atom is -0.0886 e. The summed E-state index contributed by atoms with van der Waals surface area (Å²) in [5.74, 6) is 1.16. The van der Waals surface area contributed by atoms with Gasteiger partial charge in [-0.15, -0.1) is 0 Å². The SMILES string of the molecule is c1ccc(CCSSc2ccccc2)cc1. The summed E-state index contributed by atoms with van der Waals surface area (Å²) >= 11 is 0. The van der Waals surface area contributed by atoms with Gasteiger partial charge in [0.15, 0.2) is 0 Å². The Morgan fingerprint density at radius 2 is 1.38 bits per heavy atom. The summed E-state index contributed by atoms with van der Waals surface area (Å²) in [6.45, 7) is 0. The fourth-order valence-electron chi connectivity index (χ4n) is 1.39. The maximum atomic E-state index is 2.19. The molecule has 16 heavy (non-hydrogen) atoms. The highest BCUT2D eigenvalue weighted by Crippen LogP contribution is 2.30. The van der Waals surface area contributed by atoms with Gasteiger partial charge in [-0.2, -0.15) is 0 Å². The fourth-order valence-corrected chi connectivity index (χ4v) is 3.44. The van der Waals surface area contributed by atoms with E-state index in [1.165, 1.54) is 10.5 Å². The molecule has 0 nitrogen and oxygen atoms in total. The van der Waals surface area contributed by atoms with Crippen LogP contribution in [0.3, 0.4) is 0 Å². The molecule has 0 saturated carbocycles. The van der Waals surface area contributed by atoms with Crippen molar-refractivity contribution >= 4 is 21.6 Å². The summed E-state index contributed by atoms with van der Waals surface area (Å²) < 4.78 is 0. The third kappa shape index (κ3) is 3.95. The van der Waals surface area contributed by atoms with Crippen molar-refractivity contribution in [3.63, 3.8) is 0 Å². The molecule has 2 rings (SSSR count). The van der Waals surface area contributed by atoms with Crippen LogP contribution in [-0.4, -0.2) is 5.75 Å². The normalized spacial score (nSPS) is 10.2. The zero-order chi connectivity index (χ0) is 11.1. The largest absolute Gasteiger partial charge is 0.0886 e. The third-order valence-electron chi connectivity index (χ3n) is 2.22. The zero-order valence-corrected chi connectivity index (χ0v) is 10.6. The van der Waals surface area contributed by atoms with Gasteiger partial charge in [0, 0.05) is 10.6 Å². The highest BCUT2D eigenvalue weighted by Gasteiger charge is 1.95. The van der Waals surface area contributed by atoms with Crippen LogP contribution >= 0.6 is 21.6 Å².